The largest absolute Gasteiger partial charge is 0.373 e. The van der Waals surface area contributed by atoms with E-state index in [0.29, 0.717) is 24.0 Å². The van der Waals surface area contributed by atoms with E-state index in [-0.39, 0.29) is 12.7 Å². The zero-order valence-electron chi connectivity index (χ0n) is 14.6. The van der Waals surface area contributed by atoms with Gasteiger partial charge in [0.25, 0.3) is 0 Å². The van der Waals surface area contributed by atoms with Crippen LogP contribution in [0.4, 0.5) is 0 Å². The lowest BCUT2D eigenvalue weighted by atomic mass is 10.1. The van der Waals surface area contributed by atoms with Gasteiger partial charge in [0.15, 0.2) is 0 Å². The molecule has 6 heteroatoms. The summed E-state index contributed by atoms with van der Waals surface area (Å²) in [5.74, 6) is -1.11. The predicted molar refractivity (Wildman–Crippen MR) is 94.1 cm³/mol. The summed E-state index contributed by atoms with van der Waals surface area (Å²) in [5.41, 5.74) is 0.821. The number of hydrogen-bond acceptors (Lipinski definition) is 6. The lowest BCUT2D eigenvalue weighted by Crippen LogP contribution is -2.19. The molecule has 0 fully saturated rings. The first-order valence-corrected chi connectivity index (χ1v) is 8.52. The summed E-state index contributed by atoms with van der Waals surface area (Å²) < 4.78 is 0. The molecule has 0 aliphatic rings. The average Bonchev–Trinajstić information content (AvgIpc) is 2.70. The standard InChI is InChI=1S/C20H22O6/c1-2-9-18(24-26-20(22)17-12-7-4-8-13-17)14-15-23-25-19(21)16-10-5-3-6-11-16/h3-8,10-13,18H,2,9,14-15H2,1H3. The molecule has 2 aromatic carbocycles. The van der Waals surface area contributed by atoms with Crippen LogP contribution in [-0.4, -0.2) is 24.6 Å². The van der Waals surface area contributed by atoms with Gasteiger partial charge in [-0.2, -0.15) is 9.78 Å². The normalized spacial score (nSPS) is 11.6. The fraction of sp³-hybridized carbons (Fsp3) is 0.300. The van der Waals surface area contributed by atoms with E-state index in [1.807, 2.05) is 13.0 Å². The molecule has 1 atom stereocenters. The molecule has 1 unspecified atom stereocenters. The zero-order chi connectivity index (χ0) is 18.6. The number of carbonyl (C=O) groups excluding carboxylic acids is 2. The van der Waals surface area contributed by atoms with Gasteiger partial charge in [-0.1, -0.05) is 49.7 Å². The number of carbonyl (C=O) groups is 2. The first-order valence-electron chi connectivity index (χ1n) is 8.52. The van der Waals surface area contributed by atoms with Crippen LogP contribution in [0.2, 0.25) is 0 Å². The Balaban J connectivity index is 1.70. The summed E-state index contributed by atoms with van der Waals surface area (Å²) in [6.45, 7) is 2.12. The van der Waals surface area contributed by atoms with Gasteiger partial charge in [-0.25, -0.2) is 9.59 Å². The Hall–Kier alpha value is -2.70. The van der Waals surface area contributed by atoms with E-state index in [4.69, 9.17) is 19.6 Å². The lowest BCUT2D eigenvalue weighted by molar-refractivity contribution is -0.290. The summed E-state index contributed by atoms with van der Waals surface area (Å²) in [4.78, 5) is 43.4. The Morgan fingerprint density at radius 1 is 0.808 bits per heavy atom. The van der Waals surface area contributed by atoms with Crippen LogP contribution in [0, 0.1) is 0 Å². The maximum atomic E-state index is 11.9. The van der Waals surface area contributed by atoms with Gasteiger partial charge >= 0.3 is 11.9 Å². The molecule has 6 nitrogen and oxygen atoms in total. The maximum absolute atomic E-state index is 11.9. The van der Waals surface area contributed by atoms with Gasteiger partial charge in [-0.15, -0.1) is 0 Å². The Labute approximate surface area is 152 Å². The van der Waals surface area contributed by atoms with Crippen molar-refractivity contribution in [3.8, 4) is 0 Å². The van der Waals surface area contributed by atoms with Crippen LogP contribution in [-0.2, 0) is 19.6 Å². The molecular formula is C20H22O6. The Morgan fingerprint density at radius 3 is 1.88 bits per heavy atom. The predicted octanol–water partition coefficient (Wildman–Crippen LogP) is 4.12. The monoisotopic (exact) mass is 358 g/mol. The molecule has 0 bridgehead atoms. The Bertz CT molecular complexity index is 671. The van der Waals surface area contributed by atoms with Gasteiger partial charge in [-0.3, -0.25) is 9.78 Å². The van der Waals surface area contributed by atoms with Crippen molar-refractivity contribution in [1.82, 2.24) is 0 Å². The first kappa shape index (κ1) is 19.6. The SMILES string of the molecule is CCCC(CCOOC(=O)c1ccccc1)OOC(=O)c1ccccc1. The van der Waals surface area contributed by atoms with Crippen molar-refractivity contribution >= 4 is 11.9 Å². The Kier molecular flexibility index (Phi) is 8.32. The van der Waals surface area contributed by atoms with Crippen LogP contribution < -0.4 is 0 Å². The van der Waals surface area contributed by atoms with Crippen LogP contribution in [0.5, 0.6) is 0 Å². The molecule has 0 spiro atoms. The van der Waals surface area contributed by atoms with Crippen LogP contribution in [0.25, 0.3) is 0 Å². The minimum Gasteiger partial charge on any atom is -0.293 e. The number of rotatable bonds is 10. The van der Waals surface area contributed by atoms with Gasteiger partial charge < -0.3 is 0 Å². The van der Waals surface area contributed by atoms with Crippen molar-refractivity contribution in [2.75, 3.05) is 6.61 Å². The van der Waals surface area contributed by atoms with Gasteiger partial charge in [0.05, 0.1) is 17.7 Å². The molecule has 0 aromatic heterocycles. The number of hydrogen-bond donors (Lipinski definition) is 0. The van der Waals surface area contributed by atoms with Crippen molar-refractivity contribution in [2.45, 2.75) is 32.3 Å². The summed E-state index contributed by atoms with van der Waals surface area (Å²) in [5, 5.41) is 0. The molecule has 0 aliphatic carbocycles. The molecule has 2 rings (SSSR count). The molecule has 2 aromatic rings. The van der Waals surface area contributed by atoms with Gasteiger partial charge in [-0.05, 0) is 30.7 Å². The molecule has 138 valence electrons. The molecule has 0 aliphatic heterocycles. The third kappa shape index (κ3) is 6.66. The molecule has 0 amide bonds. The number of benzene rings is 2. The summed E-state index contributed by atoms with van der Waals surface area (Å²) in [6, 6.07) is 17.1. The van der Waals surface area contributed by atoms with E-state index in [2.05, 4.69) is 0 Å². The highest BCUT2D eigenvalue weighted by Crippen LogP contribution is 2.11. The fourth-order valence-electron chi connectivity index (χ4n) is 2.19. The minimum absolute atomic E-state index is 0.131. The fourth-order valence-corrected chi connectivity index (χ4v) is 2.19. The van der Waals surface area contributed by atoms with Gasteiger partial charge in [0.2, 0.25) is 0 Å². The second-order valence-corrected chi connectivity index (χ2v) is 5.59. The van der Waals surface area contributed by atoms with Gasteiger partial charge in [0, 0.05) is 6.42 Å². The lowest BCUT2D eigenvalue weighted by Gasteiger charge is -2.15. The van der Waals surface area contributed by atoms with Crippen LogP contribution in [0.15, 0.2) is 60.7 Å². The Morgan fingerprint density at radius 2 is 1.35 bits per heavy atom. The molecule has 0 saturated heterocycles. The van der Waals surface area contributed by atoms with Crippen molar-refractivity contribution in [3.05, 3.63) is 71.8 Å². The summed E-state index contributed by atoms with van der Waals surface area (Å²) in [6.07, 6.45) is 1.59. The summed E-state index contributed by atoms with van der Waals surface area (Å²) >= 11 is 0. The first-order chi connectivity index (χ1) is 12.7. The summed E-state index contributed by atoms with van der Waals surface area (Å²) in [7, 11) is 0. The molecule has 0 N–H and O–H groups in total. The molecule has 0 saturated carbocycles. The van der Waals surface area contributed by atoms with E-state index in [1.165, 1.54) is 0 Å². The molecule has 26 heavy (non-hydrogen) atoms. The smallest absolute Gasteiger partial charge is 0.293 e. The second-order valence-electron chi connectivity index (χ2n) is 5.59. The van der Waals surface area contributed by atoms with E-state index in [0.717, 1.165) is 6.42 Å². The van der Waals surface area contributed by atoms with E-state index in [9.17, 15) is 9.59 Å². The quantitative estimate of drug-likeness (QED) is 0.361. The van der Waals surface area contributed by atoms with Crippen molar-refractivity contribution < 1.29 is 29.1 Å². The van der Waals surface area contributed by atoms with Gasteiger partial charge in [0.1, 0.15) is 6.10 Å². The minimum atomic E-state index is -0.561. The van der Waals surface area contributed by atoms with Crippen molar-refractivity contribution in [2.24, 2.45) is 0 Å². The molecular weight excluding hydrogens is 336 g/mol. The van der Waals surface area contributed by atoms with Crippen molar-refractivity contribution in [1.29, 1.82) is 0 Å². The van der Waals surface area contributed by atoms with Crippen LogP contribution in [0.3, 0.4) is 0 Å². The average molecular weight is 358 g/mol. The van der Waals surface area contributed by atoms with E-state index < -0.39 is 11.9 Å². The zero-order valence-corrected chi connectivity index (χ0v) is 14.6. The highest BCUT2D eigenvalue weighted by Gasteiger charge is 2.15. The second kappa shape index (κ2) is 11.0. The maximum Gasteiger partial charge on any atom is 0.373 e. The van der Waals surface area contributed by atoms with Crippen LogP contribution >= 0.6 is 0 Å². The third-order valence-electron chi connectivity index (χ3n) is 3.55. The van der Waals surface area contributed by atoms with Crippen molar-refractivity contribution in [3.63, 3.8) is 0 Å². The molecule has 0 radical (unpaired) electrons. The third-order valence-corrected chi connectivity index (χ3v) is 3.55. The highest BCUT2D eigenvalue weighted by atomic mass is 17.2. The van der Waals surface area contributed by atoms with E-state index >= 15 is 0 Å². The molecule has 0 heterocycles. The van der Waals surface area contributed by atoms with E-state index in [1.54, 1.807) is 54.6 Å². The van der Waals surface area contributed by atoms with Crippen LogP contribution in [0.1, 0.15) is 46.9 Å². The highest BCUT2D eigenvalue weighted by molar-refractivity contribution is 5.89. The topological polar surface area (TPSA) is 71.1 Å².